The number of thioether (sulfide) groups is 1. The molecule has 456 valence electrons. The van der Waals surface area contributed by atoms with Crippen molar-refractivity contribution in [1.82, 2.24) is 36.4 Å². The van der Waals surface area contributed by atoms with E-state index in [-0.39, 0.29) is 34.8 Å². The summed E-state index contributed by atoms with van der Waals surface area (Å²) >= 11 is 0.676. The summed E-state index contributed by atoms with van der Waals surface area (Å²) in [5, 5.41) is 111. The number of hydrogen-bond donors (Lipinski definition) is 15. The molecule has 16 N–H and O–H groups in total. The summed E-state index contributed by atoms with van der Waals surface area (Å²) in [4.78, 5) is 115. The Morgan fingerprint density at radius 3 is 1.99 bits per heavy atom. The van der Waals surface area contributed by atoms with Crippen LogP contribution in [0, 0.1) is 11.8 Å². The van der Waals surface area contributed by atoms with E-state index < -0.39 is 164 Å². The molecule has 2 aromatic rings. The lowest BCUT2D eigenvalue weighted by atomic mass is 9.91. The number of carbonyl (C=O) groups excluding carboxylic acids is 8. The maximum atomic E-state index is 14.7. The molecule has 0 saturated carbocycles. The van der Waals surface area contributed by atoms with E-state index in [0.717, 1.165) is 67.4 Å². The summed E-state index contributed by atoms with van der Waals surface area (Å²) in [6, 6.07) is -1.53. The van der Waals surface area contributed by atoms with Crippen molar-refractivity contribution in [1.29, 1.82) is 0 Å². The molecular weight excluding hydrogens is 1090 g/mol. The first-order valence-electron chi connectivity index (χ1n) is 28.2. The number of nitrogens with zero attached hydrogens (tertiary/aromatic N) is 2. The average Bonchev–Trinajstić information content (AvgIpc) is 4.15. The minimum absolute atomic E-state index is 0.0720. The van der Waals surface area contributed by atoms with Crippen molar-refractivity contribution < 1.29 is 84.3 Å². The van der Waals surface area contributed by atoms with Gasteiger partial charge in [-0.2, -0.15) is 0 Å². The Kier molecular flexibility index (Phi) is 25.6. The van der Waals surface area contributed by atoms with Gasteiger partial charge in [0.2, 0.25) is 47.3 Å². The predicted molar refractivity (Wildman–Crippen MR) is 297 cm³/mol. The molecule has 2 aromatic carbocycles. The van der Waals surface area contributed by atoms with Crippen LogP contribution in [0.2, 0.25) is 0 Å². The van der Waals surface area contributed by atoms with Crippen LogP contribution in [0.25, 0.3) is 0 Å². The first-order chi connectivity index (χ1) is 38.8. The maximum absolute atomic E-state index is 14.7. The molecular formula is C56H84N8O17S. The number of phenolic OH excluding ortho intramolecular Hbond substituents is 2. The van der Waals surface area contributed by atoms with Gasteiger partial charge in [0.05, 0.1) is 41.8 Å². The number of phenols is 2. The van der Waals surface area contributed by atoms with Gasteiger partial charge in [0.25, 0.3) is 0 Å². The van der Waals surface area contributed by atoms with E-state index in [9.17, 15) is 84.3 Å². The molecule has 82 heavy (non-hydrogen) atoms. The molecule has 25 nitrogen and oxygen atoms in total. The number of benzene rings is 2. The molecule has 2 unspecified atom stereocenters. The minimum Gasteiger partial charge on any atom is -0.508 e. The van der Waals surface area contributed by atoms with Gasteiger partial charge in [0, 0.05) is 32.4 Å². The molecule has 0 aliphatic carbocycles. The second-order valence-electron chi connectivity index (χ2n) is 22.1. The summed E-state index contributed by atoms with van der Waals surface area (Å²) in [5.74, 6) is -8.64. The van der Waals surface area contributed by atoms with E-state index in [1.807, 2.05) is 0 Å². The van der Waals surface area contributed by atoms with Gasteiger partial charge in [-0.15, -0.1) is 0 Å². The monoisotopic (exact) mass is 1170 g/mol. The number of aliphatic hydroxyl groups is 7. The first-order valence-corrected chi connectivity index (χ1v) is 29.1. The smallest absolute Gasteiger partial charge is 0.248 e. The van der Waals surface area contributed by atoms with E-state index >= 15 is 0 Å². The summed E-state index contributed by atoms with van der Waals surface area (Å²) < 4.78 is 0. The summed E-state index contributed by atoms with van der Waals surface area (Å²) in [5.41, 5.74) is 5.29. The van der Waals surface area contributed by atoms with E-state index in [0.29, 0.717) is 36.4 Å². The number of rotatable bonds is 22. The lowest BCUT2D eigenvalue weighted by molar-refractivity contribution is -0.148. The van der Waals surface area contributed by atoms with E-state index in [4.69, 9.17) is 5.73 Å². The Morgan fingerprint density at radius 2 is 1.34 bits per heavy atom. The van der Waals surface area contributed by atoms with Crippen molar-refractivity contribution in [2.45, 2.75) is 207 Å². The molecule has 0 radical (unpaired) electrons. The lowest BCUT2D eigenvalue weighted by Crippen LogP contribution is -2.64. The van der Waals surface area contributed by atoms with Gasteiger partial charge < -0.3 is 88.1 Å². The lowest BCUT2D eigenvalue weighted by Gasteiger charge is -2.34. The third kappa shape index (κ3) is 18.7. The quantitative estimate of drug-likeness (QED) is 0.0640. The van der Waals surface area contributed by atoms with Gasteiger partial charge in [0.1, 0.15) is 65.3 Å². The zero-order chi connectivity index (χ0) is 60.5. The number of hydrogen-bond acceptors (Lipinski definition) is 18. The molecule has 3 aliphatic rings. The SMILES string of the molecule is CCC(C)CC(C)CCCCCCCCC(=O)N[C@H]1C[C@@H](O)[C@@H](Sc2ccccc2O)NC(=O)[C@@H]2[C@@H](O)CCN2C(=O)[C@H]([C@H](O)CC(N)=O)NC(=O)[C@H]([C@H](O)[C@@H](O)c2ccc(O)cc2)NC(=O)[C@@H]2C[C@@H](O)CN2C(=O)[C@H]([C@@H](C)O)NC1=O. The van der Waals surface area contributed by atoms with Crippen LogP contribution in [0.15, 0.2) is 53.4 Å². The van der Waals surface area contributed by atoms with Crippen molar-refractivity contribution in [3.05, 3.63) is 54.1 Å². The van der Waals surface area contributed by atoms with E-state index in [1.165, 1.54) is 42.8 Å². The number of nitrogens with one attached hydrogen (secondary N) is 5. The number of carbonyl (C=O) groups is 8. The summed E-state index contributed by atoms with van der Waals surface area (Å²) in [7, 11) is 0. The van der Waals surface area contributed by atoms with Crippen LogP contribution in [0.5, 0.6) is 11.5 Å². The number of unbranched alkanes of at least 4 members (excludes halogenated alkanes) is 5. The Morgan fingerprint density at radius 1 is 0.720 bits per heavy atom. The number of amides is 8. The standard InChI is InChI=1S/C56H84N8O17S/c1-5-29(2)24-30(3)14-10-8-6-7-9-11-17-43(73)58-35-26-40(71)54(82-41-16-13-12-15-37(41)68)62-53(79)47-38(69)22-23-63(47)56(81)45(39(70)27-42(57)72)60-52(78)46(49(75)48(74)32-18-20-33(66)21-19-32)61-51(77)36-25-34(67)28-64(36)55(80)44(31(4)65)59-50(35)76/h12-13,15-16,18-21,29-31,34-36,38-40,44-49,54,65-71,74-75H,5-11,14,17,22-28H2,1-4H3,(H2,57,72)(H,58,73)(H,59,76)(H,60,78)(H,61,77)(H,62,79)/t29?,30?,31-,34-,35+,36+,38+,39-,40-,44+,45+,46+,47+,48+,49+,54-/m1/s1. The van der Waals surface area contributed by atoms with Crippen LogP contribution in [-0.4, -0.2) is 194 Å². The Hall–Kier alpha value is -6.13. The van der Waals surface area contributed by atoms with Crippen LogP contribution >= 0.6 is 11.8 Å². The van der Waals surface area contributed by atoms with Crippen LogP contribution < -0.4 is 32.3 Å². The molecule has 0 spiro atoms. The van der Waals surface area contributed by atoms with Gasteiger partial charge >= 0.3 is 0 Å². The number of primary amides is 1. The third-order valence-corrected chi connectivity index (χ3v) is 16.7. The molecule has 8 amide bonds. The fourth-order valence-corrected chi connectivity index (χ4v) is 11.6. The van der Waals surface area contributed by atoms with Gasteiger partial charge in [-0.25, -0.2) is 0 Å². The first kappa shape index (κ1) is 66.7. The normalized spacial score (nSPS) is 27.5. The molecule has 0 bridgehead atoms. The van der Waals surface area contributed by atoms with Crippen molar-refractivity contribution in [2.75, 3.05) is 13.1 Å². The number of aromatic hydroxyl groups is 2. The topological polar surface area (TPSA) is 411 Å². The molecule has 5 rings (SSSR count). The average molecular weight is 1170 g/mol. The highest BCUT2D eigenvalue weighted by atomic mass is 32.2. The fourth-order valence-electron chi connectivity index (χ4n) is 10.6. The van der Waals surface area contributed by atoms with Gasteiger partial charge in [0.15, 0.2) is 0 Å². The van der Waals surface area contributed by atoms with Gasteiger partial charge in [-0.1, -0.05) is 102 Å². The van der Waals surface area contributed by atoms with Gasteiger partial charge in [-0.3, -0.25) is 38.4 Å². The molecule has 0 aromatic heterocycles. The Balaban J connectivity index is 1.55. The zero-order valence-corrected chi connectivity index (χ0v) is 47.7. The number of fused-ring (bicyclic) bond motifs is 2. The predicted octanol–water partition coefficient (Wildman–Crippen LogP) is -0.836. The molecule has 3 heterocycles. The molecule has 3 aliphatic heterocycles. The highest BCUT2D eigenvalue weighted by Crippen LogP contribution is 2.34. The fraction of sp³-hybridized carbons (Fsp3) is 0.643. The second-order valence-corrected chi connectivity index (χ2v) is 23.3. The minimum atomic E-state index is -2.37. The van der Waals surface area contributed by atoms with Crippen molar-refractivity contribution in [2.24, 2.45) is 17.6 Å². The largest absolute Gasteiger partial charge is 0.508 e. The molecule has 3 fully saturated rings. The van der Waals surface area contributed by atoms with Gasteiger partial charge in [-0.05, 0) is 67.9 Å². The molecule has 16 atom stereocenters. The number of nitrogens with two attached hydrogens (primary N) is 1. The maximum Gasteiger partial charge on any atom is 0.248 e. The number of aliphatic hydroxyl groups excluding tert-OH is 7. The summed E-state index contributed by atoms with van der Waals surface area (Å²) in [6.45, 7) is 6.81. The molecule has 26 heteroatoms. The van der Waals surface area contributed by atoms with Crippen molar-refractivity contribution in [3.8, 4) is 11.5 Å². The number of para-hydroxylation sites is 1. The summed E-state index contributed by atoms with van der Waals surface area (Å²) in [6.07, 6.45) is -7.56. The highest BCUT2D eigenvalue weighted by Gasteiger charge is 2.49. The highest BCUT2D eigenvalue weighted by molar-refractivity contribution is 8.00. The Labute approximate surface area is 481 Å². The van der Waals surface area contributed by atoms with Crippen molar-refractivity contribution >= 4 is 59.0 Å². The second kappa shape index (κ2) is 31.5. The van der Waals surface area contributed by atoms with Crippen molar-refractivity contribution in [3.63, 3.8) is 0 Å². The van der Waals surface area contributed by atoms with Crippen LogP contribution in [0.4, 0.5) is 0 Å². The van der Waals surface area contributed by atoms with E-state index in [1.54, 1.807) is 0 Å². The third-order valence-electron chi connectivity index (χ3n) is 15.4. The van der Waals surface area contributed by atoms with Crippen LogP contribution in [-0.2, 0) is 38.4 Å². The molecule has 3 saturated heterocycles. The van der Waals surface area contributed by atoms with Crippen LogP contribution in [0.3, 0.4) is 0 Å². The zero-order valence-electron chi connectivity index (χ0n) is 46.8. The van der Waals surface area contributed by atoms with Crippen LogP contribution in [0.1, 0.15) is 129 Å². The van der Waals surface area contributed by atoms with E-state index in [2.05, 4.69) is 47.4 Å². The Bertz CT molecular complexity index is 2490.